The van der Waals surface area contributed by atoms with Gasteiger partial charge in [-0.15, -0.1) is 10.2 Å². The van der Waals surface area contributed by atoms with Gasteiger partial charge in [-0.3, -0.25) is 4.79 Å². The second kappa shape index (κ2) is 5.82. The van der Waals surface area contributed by atoms with Crippen LogP contribution in [0.3, 0.4) is 0 Å². The molecule has 1 amide bonds. The zero-order chi connectivity index (χ0) is 14.7. The number of aryl methyl sites for hydroxylation is 1. The first kappa shape index (κ1) is 13.4. The second-order valence-corrected chi connectivity index (χ2v) is 4.98. The third-order valence-electron chi connectivity index (χ3n) is 3.48. The summed E-state index contributed by atoms with van der Waals surface area (Å²) in [7, 11) is 1.89. The van der Waals surface area contributed by atoms with Crippen molar-refractivity contribution in [2.45, 2.75) is 6.42 Å². The van der Waals surface area contributed by atoms with Crippen molar-refractivity contribution in [2.24, 2.45) is 7.05 Å². The zero-order valence-electron chi connectivity index (χ0n) is 11.9. The highest BCUT2D eigenvalue weighted by Crippen LogP contribution is 2.25. The molecule has 110 valence electrons. The summed E-state index contributed by atoms with van der Waals surface area (Å²) in [4.78, 5) is 12.1. The van der Waals surface area contributed by atoms with E-state index in [1.807, 2.05) is 29.8 Å². The Morgan fingerprint density at radius 3 is 2.90 bits per heavy atom. The minimum absolute atomic E-state index is 0.0765. The third kappa shape index (κ3) is 2.96. The number of aromatic nitrogens is 3. The second-order valence-electron chi connectivity index (χ2n) is 4.98. The number of hydrogen-bond donors (Lipinski definition) is 3. The fourth-order valence-corrected chi connectivity index (χ4v) is 2.30. The molecule has 3 N–H and O–H groups in total. The number of carbonyl (C=O) groups is 1. The highest BCUT2D eigenvalue weighted by molar-refractivity contribution is 5.96. The van der Waals surface area contributed by atoms with E-state index < -0.39 is 0 Å². The van der Waals surface area contributed by atoms with Crippen LogP contribution in [0.1, 0.15) is 16.2 Å². The van der Waals surface area contributed by atoms with E-state index in [1.165, 1.54) is 0 Å². The summed E-state index contributed by atoms with van der Waals surface area (Å²) in [5, 5.41) is 17.3. The molecule has 7 nitrogen and oxygen atoms in total. The lowest BCUT2D eigenvalue weighted by atomic mass is 10.1. The maximum Gasteiger partial charge on any atom is 0.251 e. The van der Waals surface area contributed by atoms with E-state index in [-0.39, 0.29) is 5.91 Å². The van der Waals surface area contributed by atoms with Crippen molar-refractivity contribution in [3.05, 3.63) is 35.9 Å². The van der Waals surface area contributed by atoms with Crippen LogP contribution in [0.15, 0.2) is 24.5 Å². The van der Waals surface area contributed by atoms with Gasteiger partial charge >= 0.3 is 0 Å². The lowest BCUT2D eigenvalue weighted by Gasteiger charge is -2.20. The van der Waals surface area contributed by atoms with Crippen LogP contribution in [0.5, 0.6) is 0 Å². The first-order valence-corrected chi connectivity index (χ1v) is 6.97. The van der Waals surface area contributed by atoms with Gasteiger partial charge in [-0.25, -0.2) is 0 Å². The quantitative estimate of drug-likeness (QED) is 0.767. The number of nitrogens with zero attached hydrogens (tertiary/aromatic N) is 3. The number of nitrogens with one attached hydrogen (secondary N) is 3. The van der Waals surface area contributed by atoms with Gasteiger partial charge in [0.15, 0.2) is 0 Å². The SMILES string of the molecule is Cn1cnnc1CCNC(=O)c1ccc2c(c1)NCCN2. The molecule has 1 aliphatic rings. The molecule has 21 heavy (non-hydrogen) atoms. The first-order chi connectivity index (χ1) is 10.2. The highest BCUT2D eigenvalue weighted by atomic mass is 16.1. The van der Waals surface area contributed by atoms with Gasteiger partial charge in [0.1, 0.15) is 12.2 Å². The molecule has 0 spiro atoms. The Bertz CT molecular complexity index is 651. The van der Waals surface area contributed by atoms with Crippen molar-refractivity contribution in [1.82, 2.24) is 20.1 Å². The van der Waals surface area contributed by atoms with Crippen LogP contribution < -0.4 is 16.0 Å². The van der Waals surface area contributed by atoms with Crippen LogP contribution in [0.2, 0.25) is 0 Å². The summed E-state index contributed by atoms with van der Waals surface area (Å²) < 4.78 is 1.85. The largest absolute Gasteiger partial charge is 0.382 e. The molecule has 1 aromatic carbocycles. The molecule has 1 aliphatic heterocycles. The van der Waals surface area contributed by atoms with Gasteiger partial charge in [-0.1, -0.05) is 0 Å². The maximum atomic E-state index is 12.1. The lowest BCUT2D eigenvalue weighted by molar-refractivity contribution is 0.0954. The molecule has 0 unspecified atom stereocenters. The van der Waals surface area contributed by atoms with Crippen LogP contribution in [0.25, 0.3) is 0 Å². The molecule has 2 heterocycles. The predicted molar refractivity (Wildman–Crippen MR) is 80.5 cm³/mol. The molecule has 2 aromatic rings. The predicted octanol–water partition coefficient (Wildman–Crippen LogP) is 0.625. The normalized spacial score (nSPS) is 13.0. The van der Waals surface area contributed by atoms with E-state index in [9.17, 15) is 4.79 Å². The number of fused-ring (bicyclic) bond motifs is 1. The minimum Gasteiger partial charge on any atom is -0.382 e. The molecule has 0 radical (unpaired) electrons. The molecular weight excluding hydrogens is 268 g/mol. The van der Waals surface area contributed by atoms with Crippen LogP contribution in [-0.2, 0) is 13.5 Å². The first-order valence-electron chi connectivity index (χ1n) is 6.97. The molecule has 0 saturated carbocycles. The smallest absolute Gasteiger partial charge is 0.251 e. The Morgan fingerprint density at radius 1 is 1.33 bits per heavy atom. The third-order valence-corrected chi connectivity index (χ3v) is 3.48. The van der Waals surface area contributed by atoms with Gasteiger partial charge in [0.05, 0.1) is 11.4 Å². The molecule has 0 saturated heterocycles. The summed E-state index contributed by atoms with van der Waals surface area (Å²) in [6, 6.07) is 5.63. The van der Waals surface area contributed by atoms with Crippen LogP contribution in [0.4, 0.5) is 11.4 Å². The molecule has 7 heteroatoms. The zero-order valence-corrected chi connectivity index (χ0v) is 11.9. The van der Waals surface area contributed by atoms with Gasteiger partial charge in [0.2, 0.25) is 0 Å². The van der Waals surface area contributed by atoms with Crippen molar-refractivity contribution < 1.29 is 4.79 Å². The highest BCUT2D eigenvalue weighted by Gasteiger charge is 2.12. The minimum atomic E-state index is -0.0765. The van der Waals surface area contributed by atoms with E-state index in [1.54, 1.807) is 6.33 Å². The molecule has 0 aliphatic carbocycles. The Kier molecular flexibility index (Phi) is 3.72. The number of benzene rings is 1. The summed E-state index contributed by atoms with van der Waals surface area (Å²) in [5.41, 5.74) is 2.67. The summed E-state index contributed by atoms with van der Waals surface area (Å²) in [5.74, 6) is 0.777. The molecular formula is C14H18N6O. The van der Waals surface area contributed by atoms with Crippen molar-refractivity contribution in [3.8, 4) is 0 Å². The summed E-state index contributed by atoms with van der Waals surface area (Å²) in [6.07, 6.45) is 2.31. The van der Waals surface area contributed by atoms with Crippen molar-refractivity contribution in [1.29, 1.82) is 0 Å². The number of amides is 1. The maximum absolute atomic E-state index is 12.1. The lowest BCUT2D eigenvalue weighted by Crippen LogP contribution is -2.27. The van der Waals surface area contributed by atoms with Gasteiger partial charge in [0, 0.05) is 38.7 Å². The molecule has 0 bridgehead atoms. The molecule has 1 aromatic heterocycles. The number of hydrogen-bond acceptors (Lipinski definition) is 5. The van der Waals surface area contributed by atoms with E-state index in [0.717, 1.165) is 30.3 Å². The molecule has 0 fully saturated rings. The monoisotopic (exact) mass is 286 g/mol. The van der Waals surface area contributed by atoms with E-state index in [0.29, 0.717) is 18.5 Å². The van der Waals surface area contributed by atoms with E-state index in [4.69, 9.17) is 0 Å². The average Bonchev–Trinajstić information content (AvgIpc) is 2.92. The topological polar surface area (TPSA) is 83.9 Å². The van der Waals surface area contributed by atoms with Gasteiger partial charge in [0.25, 0.3) is 5.91 Å². The fourth-order valence-electron chi connectivity index (χ4n) is 2.30. The van der Waals surface area contributed by atoms with Gasteiger partial charge < -0.3 is 20.5 Å². The number of carbonyl (C=O) groups excluding carboxylic acids is 1. The Hall–Kier alpha value is -2.57. The Balaban J connectivity index is 1.59. The van der Waals surface area contributed by atoms with Crippen LogP contribution in [0, 0.1) is 0 Å². The Labute approximate surface area is 122 Å². The average molecular weight is 286 g/mol. The summed E-state index contributed by atoms with van der Waals surface area (Å²) >= 11 is 0. The summed E-state index contributed by atoms with van der Waals surface area (Å²) in [6.45, 7) is 2.30. The van der Waals surface area contributed by atoms with Crippen molar-refractivity contribution in [2.75, 3.05) is 30.3 Å². The standard InChI is InChI=1S/C14H18N6O/c1-20-9-18-19-13(20)4-5-17-14(21)10-2-3-11-12(8-10)16-7-6-15-11/h2-3,8-9,15-16H,4-7H2,1H3,(H,17,21). The van der Waals surface area contributed by atoms with Gasteiger partial charge in [-0.2, -0.15) is 0 Å². The molecule has 3 rings (SSSR count). The fraction of sp³-hybridized carbons (Fsp3) is 0.357. The molecule has 0 atom stereocenters. The van der Waals surface area contributed by atoms with Crippen LogP contribution >= 0.6 is 0 Å². The Morgan fingerprint density at radius 2 is 2.14 bits per heavy atom. The van der Waals surface area contributed by atoms with E-state index >= 15 is 0 Å². The van der Waals surface area contributed by atoms with Gasteiger partial charge in [-0.05, 0) is 18.2 Å². The van der Waals surface area contributed by atoms with E-state index in [2.05, 4.69) is 26.1 Å². The van der Waals surface area contributed by atoms with Crippen molar-refractivity contribution >= 4 is 17.3 Å². The van der Waals surface area contributed by atoms with Crippen LogP contribution in [-0.4, -0.2) is 40.3 Å². The number of anilines is 2. The number of rotatable bonds is 4. The van der Waals surface area contributed by atoms with Crippen molar-refractivity contribution in [3.63, 3.8) is 0 Å².